The Kier molecular flexibility index (Phi) is 4.64. The molecule has 3 rings (SSSR count). The zero-order valence-electron chi connectivity index (χ0n) is 13.2. The second-order valence-corrected chi connectivity index (χ2v) is 5.94. The van der Waals surface area contributed by atoms with E-state index in [1.807, 2.05) is 36.1 Å². The minimum atomic E-state index is 0.00192. The highest BCUT2D eigenvalue weighted by Gasteiger charge is 2.44. The summed E-state index contributed by atoms with van der Waals surface area (Å²) in [5.74, 6) is 0.751. The van der Waals surface area contributed by atoms with Crippen molar-refractivity contribution in [2.75, 3.05) is 26.9 Å². The fourth-order valence-corrected chi connectivity index (χ4v) is 3.34. The molecule has 0 spiro atoms. The quantitative estimate of drug-likeness (QED) is 0.851. The Morgan fingerprint density at radius 2 is 2.09 bits per heavy atom. The number of ether oxygens (including phenoxy) is 3. The van der Waals surface area contributed by atoms with Crippen molar-refractivity contribution in [2.24, 2.45) is 0 Å². The van der Waals surface area contributed by atoms with E-state index in [4.69, 9.17) is 14.2 Å². The zero-order valence-corrected chi connectivity index (χ0v) is 13.2. The summed E-state index contributed by atoms with van der Waals surface area (Å²) in [6, 6.07) is 7.85. The lowest BCUT2D eigenvalue weighted by Crippen LogP contribution is -2.54. The molecule has 0 radical (unpaired) electrons. The molecule has 0 N–H and O–H groups in total. The number of hydrogen-bond donors (Lipinski definition) is 0. The molecule has 1 aliphatic heterocycles. The van der Waals surface area contributed by atoms with E-state index in [0.717, 1.165) is 18.6 Å². The monoisotopic (exact) mass is 305 g/mol. The van der Waals surface area contributed by atoms with E-state index in [2.05, 4.69) is 0 Å². The summed E-state index contributed by atoms with van der Waals surface area (Å²) < 4.78 is 16.9. The lowest BCUT2D eigenvalue weighted by atomic mass is 10.1. The van der Waals surface area contributed by atoms with Crippen molar-refractivity contribution in [2.45, 2.75) is 38.0 Å². The van der Waals surface area contributed by atoms with Gasteiger partial charge in [-0.3, -0.25) is 4.79 Å². The number of nitrogens with zero attached hydrogens (tertiary/aromatic N) is 1. The molecule has 1 saturated heterocycles. The first-order chi connectivity index (χ1) is 10.7. The molecule has 1 aromatic rings. The van der Waals surface area contributed by atoms with Crippen LogP contribution in [-0.2, 0) is 14.3 Å². The standard InChI is InChI=1S/C17H23NO4/c1-12-3-5-13(6-4-12)22-11-16(19)18-9-10-21-17-14(18)7-8-15(17)20-2/h3-6,14-15,17H,7-11H2,1-2H3/t14-,15-,17+/m1/s1. The van der Waals surface area contributed by atoms with E-state index in [1.54, 1.807) is 7.11 Å². The lowest BCUT2D eigenvalue weighted by molar-refractivity contribution is -0.151. The molecular weight excluding hydrogens is 282 g/mol. The number of morpholine rings is 1. The van der Waals surface area contributed by atoms with Crippen LogP contribution in [0.1, 0.15) is 18.4 Å². The summed E-state index contributed by atoms with van der Waals surface area (Å²) in [6.45, 7) is 3.30. The maximum atomic E-state index is 12.5. The van der Waals surface area contributed by atoms with Gasteiger partial charge < -0.3 is 19.1 Å². The summed E-state index contributed by atoms with van der Waals surface area (Å²) in [5.41, 5.74) is 1.17. The van der Waals surface area contributed by atoms with Gasteiger partial charge in [0.15, 0.2) is 6.61 Å². The van der Waals surface area contributed by atoms with Crippen LogP contribution in [0.15, 0.2) is 24.3 Å². The highest BCUT2D eigenvalue weighted by molar-refractivity contribution is 5.78. The SMILES string of the molecule is CO[C@@H]1CC[C@@H]2[C@@H]1OCCN2C(=O)COc1ccc(C)cc1. The minimum Gasteiger partial charge on any atom is -0.484 e. The molecule has 3 atom stereocenters. The third-order valence-corrected chi connectivity index (χ3v) is 4.54. The van der Waals surface area contributed by atoms with Gasteiger partial charge in [-0.25, -0.2) is 0 Å². The average molecular weight is 305 g/mol. The van der Waals surface area contributed by atoms with E-state index in [-0.39, 0.29) is 30.8 Å². The summed E-state index contributed by atoms with van der Waals surface area (Å²) in [5, 5.41) is 0. The molecule has 22 heavy (non-hydrogen) atoms. The van der Waals surface area contributed by atoms with Gasteiger partial charge in [0.2, 0.25) is 0 Å². The van der Waals surface area contributed by atoms with E-state index in [1.165, 1.54) is 5.56 Å². The van der Waals surface area contributed by atoms with E-state index < -0.39 is 0 Å². The van der Waals surface area contributed by atoms with Gasteiger partial charge in [-0.2, -0.15) is 0 Å². The fourth-order valence-electron chi connectivity index (χ4n) is 3.34. The molecule has 1 amide bonds. The first kappa shape index (κ1) is 15.3. The maximum absolute atomic E-state index is 12.5. The van der Waals surface area contributed by atoms with Gasteiger partial charge in [0, 0.05) is 13.7 Å². The summed E-state index contributed by atoms with van der Waals surface area (Å²) in [7, 11) is 1.71. The molecule has 1 aliphatic carbocycles. The van der Waals surface area contributed by atoms with Crippen molar-refractivity contribution in [3.05, 3.63) is 29.8 Å². The van der Waals surface area contributed by atoms with Crippen LogP contribution >= 0.6 is 0 Å². The molecule has 1 heterocycles. The second-order valence-electron chi connectivity index (χ2n) is 5.94. The fraction of sp³-hybridized carbons (Fsp3) is 0.588. The molecule has 5 heteroatoms. The molecule has 120 valence electrons. The Bertz CT molecular complexity index is 516. The van der Waals surface area contributed by atoms with Gasteiger partial charge >= 0.3 is 0 Å². The number of aryl methyl sites for hydroxylation is 1. The smallest absolute Gasteiger partial charge is 0.260 e. The Morgan fingerprint density at radius 3 is 2.82 bits per heavy atom. The van der Waals surface area contributed by atoms with Crippen LogP contribution in [0, 0.1) is 6.92 Å². The molecular formula is C17H23NO4. The highest BCUT2D eigenvalue weighted by atomic mass is 16.5. The zero-order chi connectivity index (χ0) is 15.5. The first-order valence-corrected chi connectivity index (χ1v) is 7.82. The van der Waals surface area contributed by atoms with E-state index >= 15 is 0 Å². The molecule has 1 saturated carbocycles. The van der Waals surface area contributed by atoms with Crippen LogP contribution in [0.4, 0.5) is 0 Å². The van der Waals surface area contributed by atoms with Crippen LogP contribution in [0.2, 0.25) is 0 Å². The molecule has 1 aromatic carbocycles. The van der Waals surface area contributed by atoms with Crippen LogP contribution in [-0.4, -0.2) is 55.9 Å². The predicted molar refractivity (Wildman–Crippen MR) is 81.9 cm³/mol. The Balaban J connectivity index is 1.58. The number of rotatable bonds is 4. The van der Waals surface area contributed by atoms with Gasteiger partial charge in [0.05, 0.1) is 18.8 Å². The van der Waals surface area contributed by atoms with Crippen molar-refractivity contribution in [3.8, 4) is 5.75 Å². The lowest BCUT2D eigenvalue weighted by Gasteiger charge is -2.38. The molecule has 0 aromatic heterocycles. The van der Waals surface area contributed by atoms with Crippen LogP contribution in [0.3, 0.4) is 0 Å². The van der Waals surface area contributed by atoms with Crippen LogP contribution in [0.25, 0.3) is 0 Å². The summed E-state index contributed by atoms with van der Waals surface area (Å²) in [6.07, 6.45) is 1.97. The van der Waals surface area contributed by atoms with Gasteiger partial charge in [0.1, 0.15) is 11.9 Å². The Morgan fingerprint density at radius 1 is 1.32 bits per heavy atom. The van der Waals surface area contributed by atoms with E-state index in [0.29, 0.717) is 13.2 Å². The number of benzene rings is 1. The second kappa shape index (κ2) is 6.67. The predicted octanol–water partition coefficient (Wildman–Crippen LogP) is 1.78. The van der Waals surface area contributed by atoms with Gasteiger partial charge in [-0.1, -0.05) is 17.7 Å². The van der Waals surface area contributed by atoms with E-state index in [9.17, 15) is 4.79 Å². The third kappa shape index (κ3) is 3.10. The summed E-state index contributed by atoms with van der Waals surface area (Å²) >= 11 is 0. The van der Waals surface area contributed by atoms with Crippen LogP contribution < -0.4 is 4.74 Å². The van der Waals surface area contributed by atoms with Crippen molar-refractivity contribution in [1.29, 1.82) is 0 Å². The average Bonchev–Trinajstić information content (AvgIpc) is 2.97. The Hall–Kier alpha value is -1.59. The number of fused-ring (bicyclic) bond motifs is 1. The number of methoxy groups -OCH3 is 1. The largest absolute Gasteiger partial charge is 0.484 e. The van der Waals surface area contributed by atoms with Gasteiger partial charge in [-0.15, -0.1) is 0 Å². The van der Waals surface area contributed by atoms with Crippen molar-refractivity contribution >= 4 is 5.91 Å². The molecule has 0 bridgehead atoms. The topological polar surface area (TPSA) is 48.0 Å². The van der Waals surface area contributed by atoms with Gasteiger partial charge in [-0.05, 0) is 31.9 Å². The molecule has 2 fully saturated rings. The number of carbonyl (C=O) groups excluding carboxylic acids is 1. The minimum absolute atomic E-state index is 0.00192. The third-order valence-electron chi connectivity index (χ3n) is 4.54. The van der Waals surface area contributed by atoms with Crippen LogP contribution in [0.5, 0.6) is 5.75 Å². The maximum Gasteiger partial charge on any atom is 0.260 e. The van der Waals surface area contributed by atoms with Crippen molar-refractivity contribution < 1.29 is 19.0 Å². The molecule has 0 unspecified atom stereocenters. The number of amides is 1. The number of carbonyl (C=O) groups is 1. The normalized spacial score (nSPS) is 27.5. The molecule has 2 aliphatic rings. The summed E-state index contributed by atoms with van der Waals surface area (Å²) in [4.78, 5) is 14.4. The van der Waals surface area contributed by atoms with Crippen molar-refractivity contribution in [3.63, 3.8) is 0 Å². The van der Waals surface area contributed by atoms with Crippen molar-refractivity contribution in [1.82, 2.24) is 4.90 Å². The highest BCUT2D eigenvalue weighted by Crippen LogP contribution is 2.31. The molecule has 5 nitrogen and oxygen atoms in total. The Labute approximate surface area is 131 Å². The number of hydrogen-bond acceptors (Lipinski definition) is 4. The van der Waals surface area contributed by atoms with Gasteiger partial charge in [0.25, 0.3) is 5.91 Å². The first-order valence-electron chi connectivity index (χ1n) is 7.82.